The van der Waals surface area contributed by atoms with E-state index in [0.29, 0.717) is 0 Å². The van der Waals surface area contributed by atoms with Crippen molar-refractivity contribution in [2.75, 3.05) is 39.9 Å². The van der Waals surface area contributed by atoms with E-state index in [0.717, 1.165) is 24.1 Å². The van der Waals surface area contributed by atoms with E-state index in [9.17, 15) is 0 Å². The van der Waals surface area contributed by atoms with Gasteiger partial charge in [0.05, 0.1) is 26.8 Å². The average molecular weight is 204 g/mol. The maximum atomic E-state index is 8.93. The highest BCUT2D eigenvalue weighted by Crippen LogP contribution is 2.07. The predicted octanol–water partition coefficient (Wildman–Crippen LogP) is 0.998. The van der Waals surface area contributed by atoms with Crippen LogP contribution in [0.15, 0.2) is 0 Å². The number of unbranched alkanes of at least 4 members (excludes halogenated alkanes) is 3. The van der Waals surface area contributed by atoms with Crippen LogP contribution in [0.2, 0.25) is 0 Å². The molecule has 0 radical (unpaired) electrons. The zero-order valence-electron chi connectivity index (χ0n) is 9.71. The summed E-state index contributed by atoms with van der Waals surface area (Å²) >= 11 is 0. The van der Waals surface area contributed by atoms with Crippen LogP contribution in [0.4, 0.5) is 0 Å². The number of nitrogens with zero attached hydrogens (tertiary/aromatic N) is 1. The fourth-order valence-electron chi connectivity index (χ4n) is 1.74. The van der Waals surface area contributed by atoms with E-state index in [1.807, 2.05) is 0 Å². The van der Waals surface area contributed by atoms with Crippen LogP contribution in [0.5, 0.6) is 0 Å². The lowest BCUT2D eigenvalue weighted by Gasteiger charge is -2.33. The molecule has 0 unspecified atom stereocenters. The molecule has 0 aliphatic rings. The maximum absolute atomic E-state index is 8.93. The third-order valence-electron chi connectivity index (χ3n) is 2.83. The van der Waals surface area contributed by atoms with Crippen molar-refractivity contribution in [3.8, 4) is 0 Å². The second-order valence-corrected chi connectivity index (χ2v) is 4.30. The number of aliphatic hydroxyl groups excluding tert-OH is 2. The van der Waals surface area contributed by atoms with Crippen LogP contribution in [-0.4, -0.2) is 54.6 Å². The Kier molecular flexibility index (Phi) is 8.14. The van der Waals surface area contributed by atoms with Crippen molar-refractivity contribution >= 4 is 0 Å². The highest BCUT2D eigenvalue weighted by atomic mass is 16.3. The quantitative estimate of drug-likeness (QED) is 0.434. The highest BCUT2D eigenvalue weighted by molar-refractivity contribution is 4.43. The predicted molar refractivity (Wildman–Crippen MR) is 59.1 cm³/mol. The molecule has 0 fully saturated rings. The number of hydrogen-bond donors (Lipinski definition) is 2. The van der Waals surface area contributed by atoms with Gasteiger partial charge in [-0.15, -0.1) is 0 Å². The van der Waals surface area contributed by atoms with Crippen molar-refractivity contribution in [2.45, 2.75) is 32.6 Å². The van der Waals surface area contributed by atoms with Crippen molar-refractivity contribution in [2.24, 2.45) is 0 Å². The lowest BCUT2D eigenvalue weighted by Crippen LogP contribution is -2.48. The van der Waals surface area contributed by atoms with Crippen LogP contribution in [0, 0.1) is 0 Å². The average Bonchev–Trinajstić information content (AvgIpc) is 2.13. The van der Waals surface area contributed by atoms with E-state index in [2.05, 4.69) is 14.0 Å². The van der Waals surface area contributed by atoms with Crippen molar-refractivity contribution < 1.29 is 14.7 Å². The normalized spacial score (nSPS) is 12.0. The van der Waals surface area contributed by atoms with Crippen LogP contribution < -0.4 is 0 Å². The number of aliphatic hydroxyl groups is 2. The molecule has 0 bridgehead atoms. The molecule has 0 amide bonds. The van der Waals surface area contributed by atoms with E-state index in [4.69, 9.17) is 10.2 Å². The molecular formula is C11H26NO2+. The molecule has 3 nitrogen and oxygen atoms in total. The molecule has 0 saturated heterocycles. The van der Waals surface area contributed by atoms with Gasteiger partial charge in [0, 0.05) is 0 Å². The fraction of sp³-hybridized carbons (Fsp3) is 1.00. The van der Waals surface area contributed by atoms with Gasteiger partial charge in [0.25, 0.3) is 0 Å². The summed E-state index contributed by atoms with van der Waals surface area (Å²) in [6.07, 6.45) is 5.01. The molecule has 0 saturated carbocycles. The van der Waals surface area contributed by atoms with Crippen LogP contribution in [0.25, 0.3) is 0 Å². The summed E-state index contributed by atoms with van der Waals surface area (Å²) in [5.74, 6) is 0. The van der Waals surface area contributed by atoms with E-state index in [1.54, 1.807) is 0 Å². The lowest BCUT2D eigenvalue weighted by molar-refractivity contribution is -0.910. The molecule has 0 rings (SSSR count). The van der Waals surface area contributed by atoms with E-state index < -0.39 is 0 Å². The fourth-order valence-corrected chi connectivity index (χ4v) is 1.74. The molecule has 3 heteroatoms. The molecular weight excluding hydrogens is 178 g/mol. The van der Waals surface area contributed by atoms with Crippen LogP contribution in [-0.2, 0) is 0 Å². The molecule has 0 aromatic heterocycles. The molecule has 86 valence electrons. The zero-order valence-corrected chi connectivity index (χ0v) is 9.71. The molecule has 14 heavy (non-hydrogen) atoms. The Morgan fingerprint density at radius 3 is 1.86 bits per heavy atom. The van der Waals surface area contributed by atoms with Gasteiger partial charge in [-0.3, -0.25) is 0 Å². The number of rotatable bonds is 9. The Balaban J connectivity index is 3.71. The van der Waals surface area contributed by atoms with Gasteiger partial charge >= 0.3 is 0 Å². The van der Waals surface area contributed by atoms with Crippen LogP contribution in [0.3, 0.4) is 0 Å². The van der Waals surface area contributed by atoms with Gasteiger partial charge < -0.3 is 14.7 Å². The summed E-state index contributed by atoms with van der Waals surface area (Å²) < 4.78 is 0.802. The second kappa shape index (κ2) is 8.21. The molecule has 0 spiro atoms. The van der Waals surface area contributed by atoms with Gasteiger partial charge in [-0.2, -0.15) is 0 Å². The molecule has 0 atom stereocenters. The monoisotopic (exact) mass is 204 g/mol. The molecule has 0 aromatic rings. The first kappa shape index (κ1) is 13.9. The van der Waals surface area contributed by atoms with E-state index in [1.165, 1.54) is 25.7 Å². The largest absolute Gasteiger partial charge is 0.391 e. The van der Waals surface area contributed by atoms with Gasteiger partial charge in [0.15, 0.2) is 0 Å². The standard InChI is InChI=1S/C11H26NO2/c1-3-4-5-6-7-12(2,8-10-13)9-11-14/h13-14H,3-11H2,1-2H3/q+1. The summed E-state index contributed by atoms with van der Waals surface area (Å²) in [7, 11) is 2.11. The van der Waals surface area contributed by atoms with Gasteiger partial charge in [0.1, 0.15) is 13.1 Å². The summed E-state index contributed by atoms with van der Waals surface area (Å²) in [5, 5.41) is 17.9. The van der Waals surface area contributed by atoms with E-state index >= 15 is 0 Å². The minimum atomic E-state index is 0.213. The Morgan fingerprint density at radius 1 is 0.857 bits per heavy atom. The first-order valence-corrected chi connectivity index (χ1v) is 5.74. The SMILES string of the molecule is CCCCCC[N+](C)(CCO)CCO. The van der Waals surface area contributed by atoms with Crippen molar-refractivity contribution in [1.29, 1.82) is 0 Å². The van der Waals surface area contributed by atoms with Crippen LogP contribution >= 0.6 is 0 Å². The minimum absolute atomic E-state index is 0.213. The third-order valence-corrected chi connectivity index (χ3v) is 2.83. The van der Waals surface area contributed by atoms with E-state index in [-0.39, 0.29) is 13.2 Å². The molecule has 0 heterocycles. The summed E-state index contributed by atoms with van der Waals surface area (Å²) in [5.41, 5.74) is 0. The van der Waals surface area contributed by atoms with Gasteiger partial charge in [0.2, 0.25) is 0 Å². The summed E-state index contributed by atoms with van der Waals surface area (Å²) in [6, 6.07) is 0. The first-order chi connectivity index (χ1) is 6.68. The topological polar surface area (TPSA) is 40.5 Å². The Bertz CT molecular complexity index is 122. The van der Waals surface area contributed by atoms with Gasteiger partial charge in [-0.05, 0) is 12.8 Å². The summed E-state index contributed by atoms with van der Waals surface area (Å²) in [6.45, 7) is 5.21. The first-order valence-electron chi connectivity index (χ1n) is 5.74. The Labute approximate surface area is 87.9 Å². The minimum Gasteiger partial charge on any atom is -0.391 e. The molecule has 2 N–H and O–H groups in total. The Hall–Kier alpha value is -0.120. The van der Waals surface area contributed by atoms with Gasteiger partial charge in [-0.1, -0.05) is 19.8 Å². The molecule has 0 aliphatic heterocycles. The van der Waals surface area contributed by atoms with Crippen LogP contribution in [0.1, 0.15) is 32.6 Å². The zero-order chi connectivity index (χ0) is 10.9. The van der Waals surface area contributed by atoms with Crippen molar-refractivity contribution in [3.05, 3.63) is 0 Å². The maximum Gasteiger partial charge on any atom is 0.102 e. The van der Waals surface area contributed by atoms with Crippen molar-refractivity contribution in [1.82, 2.24) is 0 Å². The second-order valence-electron chi connectivity index (χ2n) is 4.30. The highest BCUT2D eigenvalue weighted by Gasteiger charge is 2.19. The smallest absolute Gasteiger partial charge is 0.102 e. The number of likely N-dealkylation sites (N-methyl/N-ethyl adjacent to an activating group) is 1. The van der Waals surface area contributed by atoms with Gasteiger partial charge in [-0.25, -0.2) is 0 Å². The number of quaternary nitrogens is 1. The Morgan fingerprint density at radius 2 is 1.43 bits per heavy atom. The third kappa shape index (κ3) is 6.35. The molecule has 0 aliphatic carbocycles. The van der Waals surface area contributed by atoms with Crippen molar-refractivity contribution in [3.63, 3.8) is 0 Å². The lowest BCUT2D eigenvalue weighted by atomic mass is 10.2. The summed E-state index contributed by atoms with van der Waals surface area (Å²) in [4.78, 5) is 0. The number of hydrogen-bond acceptors (Lipinski definition) is 2. The molecule has 0 aromatic carbocycles.